The Morgan fingerprint density at radius 3 is 2.30 bits per heavy atom. The second-order valence-electron chi connectivity index (χ2n) is 6.31. The van der Waals surface area contributed by atoms with Crippen molar-refractivity contribution in [3.63, 3.8) is 0 Å². The van der Waals surface area contributed by atoms with Gasteiger partial charge in [-0.15, -0.1) is 5.10 Å². The van der Waals surface area contributed by atoms with Crippen molar-refractivity contribution in [3.05, 3.63) is 47.4 Å². The first-order chi connectivity index (χ1) is 12.7. The Hall–Kier alpha value is -2.94. The Kier molecular flexibility index (Phi) is 4.88. The minimum absolute atomic E-state index is 0.0628. The molecule has 0 aliphatic rings. The average molecular weight is 389 g/mol. The number of amides is 1. The number of nitrogens with zero attached hydrogens (tertiary/aromatic N) is 2. The summed E-state index contributed by atoms with van der Waals surface area (Å²) in [4.78, 5) is 12.5. The van der Waals surface area contributed by atoms with Crippen molar-refractivity contribution < 1.29 is 22.0 Å². The van der Waals surface area contributed by atoms with Crippen LogP contribution in [0.4, 0.5) is 6.01 Å². The molecular formula is C18H19N3O5S. The van der Waals surface area contributed by atoms with E-state index in [1.54, 1.807) is 33.8 Å². The van der Waals surface area contributed by atoms with Gasteiger partial charge in [0, 0.05) is 5.56 Å². The number of hydrogen-bond acceptors (Lipinski definition) is 7. The fraction of sp³-hybridized carbons (Fsp3) is 0.278. The zero-order chi connectivity index (χ0) is 19.8. The molecule has 0 spiro atoms. The highest BCUT2D eigenvalue weighted by atomic mass is 32.2. The molecule has 0 saturated heterocycles. The number of carbonyl (C=O) groups excluding carboxylic acids is 1. The maximum atomic E-state index is 12.3. The third-order valence-corrected chi connectivity index (χ3v) is 6.15. The third-order valence-electron chi connectivity index (χ3n) is 3.98. The molecule has 3 rings (SSSR count). The van der Waals surface area contributed by atoms with Gasteiger partial charge in [0.2, 0.25) is 0 Å². The van der Waals surface area contributed by atoms with Crippen LogP contribution in [0, 0.1) is 13.8 Å². The zero-order valence-electron chi connectivity index (χ0n) is 15.3. The van der Waals surface area contributed by atoms with E-state index in [9.17, 15) is 13.2 Å². The first-order valence-corrected chi connectivity index (χ1v) is 9.79. The van der Waals surface area contributed by atoms with Gasteiger partial charge in [-0.3, -0.25) is 10.1 Å². The molecule has 0 bridgehead atoms. The third kappa shape index (κ3) is 3.77. The molecule has 0 unspecified atom stereocenters. The Balaban J connectivity index is 1.76. The van der Waals surface area contributed by atoms with Crippen LogP contribution in [0.3, 0.4) is 0 Å². The highest BCUT2D eigenvalue weighted by molar-refractivity contribution is 7.92. The first kappa shape index (κ1) is 18.8. The second-order valence-corrected chi connectivity index (χ2v) is 8.82. The standard InChI is InChI=1S/C18H19N3O5S/c1-10(2)27(23,24)14-7-5-13(6-8-14)16(22)19-18-21-20-17(26-18)15-9-11(3)25-12(15)4/h5-10H,1-4H3,(H,19,21,22). The smallest absolute Gasteiger partial charge is 0.322 e. The van der Waals surface area contributed by atoms with Gasteiger partial charge < -0.3 is 8.83 Å². The van der Waals surface area contributed by atoms with Gasteiger partial charge in [-0.05, 0) is 58.0 Å². The summed E-state index contributed by atoms with van der Waals surface area (Å²) >= 11 is 0. The topological polar surface area (TPSA) is 115 Å². The lowest BCUT2D eigenvalue weighted by molar-refractivity contribution is 0.102. The summed E-state index contributed by atoms with van der Waals surface area (Å²) in [5.41, 5.74) is 0.927. The molecule has 0 atom stereocenters. The number of nitrogens with one attached hydrogen (secondary N) is 1. The number of anilines is 1. The van der Waals surface area contributed by atoms with Crippen LogP contribution in [-0.4, -0.2) is 29.8 Å². The minimum atomic E-state index is -3.39. The summed E-state index contributed by atoms with van der Waals surface area (Å²) in [6, 6.07) is 7.38. The van der Waals surface area contributed by atoms with Crippen molar-refractivity contribution in [1.29, 1.82) is 0 Å². The number of hydrogen-bond donors (Lipinski definition) is 1. The Morgan fingerprint density at radius 1 is 1.07 bits per heavy atom. The van der Waals surface area contributed by atoms with Gasteiger partial charge in [0.1, 0.15) is 11.5 Å². The summed E-state index contributed by atoms with van der Waals surface area (Å²) in [7, 11) is -3.39. The van der Waals surface area contributed by atoms with Gasteiger partial charge in [-0.1, -0.05) is 5.10 Å². The van der Waals surface area contributed by atoms with Crippen LogP contribution in [0.1, 0.15) is 35.7 Å². The van der Waals surface area contributed by atoms with Crippen molar-refractivity contribution >= 4 is 21.8 Å². The van der Waals surface area contributed by atoms with E-state index in [1.807, 2.05) is 0 Å². The average Bonchev–Trinajstić information content (AvgIpc) is 3.20. The van der Waals surface area contributed by atoms with Crippen molar-refractivity contribution in [2.24, 2.45) is 0 Å². The maximum absolute atomic E-state index is 12.3. The van der Waals surface area contributed by atoms with Crippen molar-refractivity contribution in [2.75, 3.05) is 5.32 Å². The summed E-state index contributed by atoms with van der Waals surface area (Å²) in [6.07, 6.45) is 0. The molecule has 0 saturated carbocycles. The summed E-state index contributed by atoms with van der Waals surface area (Å²) in [6.45, 7) is 6.79. The lowest BCUT2D eigenvalue weighted by Gasteiger charge is -2.08. The molecule has 1 aromatic carbocycles. The van der Waals surface area contributed by atoms with Gasteiger partial charge in [0.05, 0.1) is 15.7 Å². The van der Waals surface area contributed by atoms with Crippen LogP contribution >= 0.6 is 0 Å². The largest absolute Gasteiger partial charge is 0.466 e. The Labute approximate surface area is 156 Å². The van der Waals surface area contributed by atoms with E-state index >= 15 is 0 Å². The number of aryl methyl sites for hydroxylation is 2. The summed E-state index contributed by atoms with van der Waals surface area (Å²) < 4.78 is 35.1. The number of sulfone groups is 1. The molecule has 0 fully saturated rings. The SMILES string of the molecule is Cc1cc(-c2nnc(NC(=O)c3ccc(S(=O)(=O)C(C)C)cc3)o2)c(C)o1. The number of furan rings is 1. The molecule has 1 N–H and O–H groups in total. The number of rotatable bonds is 5. The quantitative estimate of drug-likeness (QED) is 0.711. The first-order valence-electron chi connectivity index (χ1n) is 8.24. The minimum Gasteiger partial charge on any atom is -0.466 e. The van der Waals surface area contributed by atoms with E-state index in [1.165, 1.54) is 24.3 Å². The van der Waals surface area contributed by atoms with E-state index in [0.717, 1.165) is 0 Å². The highest BCUT2D eigenvalue weighted by Gasteiger charge is 2.20. The van der Waals surface area contributed by atoms with Gasteiger partial charge >= 0.3 is 6.01 Å². The molecule has 3 aromatic rings. The number of aromatic nitrogens is 2. The molecular weight excluding hydrogens is 370 g/mol. The lowest BCUT2D eigenvalue weighted by atomic mass is 10.2. The van der Waals surface area contributed by atoms with Crippen molar-refractivity contribution in [3.8, 4) is 11.5 Å². The maximum Gasteiger partial charge on any atom is 0.322 e. The van der Waals surface area contributed by atoms with Crippen LogP contribution in [-0.2, 0) is 9.84 Å². The fourth-order valence-electron chi connectivity index (χ4n) is 2.46. The molecule has 2 aromatic heterocycles. The Morgan fingerprint density at radius 2 is 1.74 bits per heavy atom. The number of benzene rings is 1. The van der Waals surface area contributed by atoms with Gasteiger partial charge in [0.15, 0.2) is 9.84 Å². The predicted octanol–water partition coefficient (Wildman–Crippen LogP) is 3.38. The van der Waals surface area contributed by atoms with E-state index in [0.29, 0.717) is 17.1 Å². The van der Waals surface area contributed by atoms with Crippen LogP contribution in [0.2, 0.25) is 0 Å². The van der Waals surface area contributed by atoms with Gasteiger partial charge in [-0.2, -0.15) is 0 Å². The monoisotopic (exact) mass is 389 g/mol. The molecule has 1 amide bonds. The molecule has 27 heavy (non-hydrogen) atoms. The van der Waals surface area contributed by atoms with Crippen molar-refractivity contribution in [1.82, 2.24) is 10.2 Å². The van der Waals surface area contributed by atoms with E-state index < -0.39 is 21.0 Å². The van der Waals surface area contributed by atoms with E-state index in [4.69, 9.17) is 8.83 Å². The summed E-state index contributed by atoms with van der Waals surface area (Å²) in [5, 5.41) is 9.66. The Bertz CT molecular complexity index is 1080. The van der Waals surface area contributed by atoms with Gasteiger partial charge in [-0.25, -0.2) is 8.42 Å². The second kappa shape index (κ2) is 6.99. The molecule has 0 radical (unpaired) electrons. The van der Waals surface area contributed by atoms with E-state index in [-0.39, 0.29) is 22.4 Å². The molecule has 8 nitrogen and oxygen atoms in total. The molecule has 2 heterocycles. The predicted molar refractivity (Wildman–Crippen MR) is 98.2 cm³/mol. The molecule has 9 heteroatoms. The van der Waals surface area contributed by atoms with Crippen LogP contribution in [0.25, 0.3) is 11.5 Å². The van der Waals surface area contributed by atoms with Gasteiger partial charge in [0.25, 0.3) is 11.8 Å². The number of carbonyl (C=O) groups is 1. The zero-order valence-corrected chi connectivity index (χ0v) is 16.1. The molecule has 142 valence electrons. The van der Waals surface area contributed by atoms with Crippen LogP contribution in [0.15, 0.2) is 44.1 Å². The normalized spacial score (nSPS) is 11.7. The van der Waals surface area contributed by atoms with Crippen LogP contribution in [0.5, 0.6) is 0 Å². The molecule has 0 aliphatic heterocycles. The van der Waals surface area contributed by atoms with E-state index in [2.05, 4.69) is 15.5 Å². The van der Waals surface area contributed by atoms with Crippen molar-refractivity contribution in [2.45, 2.75) is 37.8 Å². The lowest BCUT2D eigenvalue weighted by Crippen LogP contribution is -2.15. The fourth-order valence-corrected chi connectivity index (χ4v) is 3.52. The molecule has 0 aliphatic carbocycles. The van der Waals surface area contributed by atoms with Crippen LogP contribution < -0.4 is 5.32 Å². The highest BCUT2D eigenvalue weighted by Crippen LogP contribution is 2.26. The summed E-state index contributed by atoms with van der Waals surface area (Å²) in [5.74, 6) is 1.09.